The summed E-state index contributed by atoms with van der Waals surface area (Å²) in [5.74, 6) is 0.322. The second-order valence-electron chi connectivity index (χ2n) is 5.63. The van der Waals surface area contributed by atoms with E-state index < -0.39 is 0 Å². The Labute approximate surface area is 118 Å². The lowest BCUT2D eigenvalue weighted by Crippen LogP contribution is -2.12. The quantitative estimate of drug-likeness (QED) is 0.430. The average molecular weight is 264 g/mol. The third-order valence-corrected chi connectivity index (χ3v) is 3.48. The highest BCUT2D eigenvalue weighted by Gasteiger charge is 2.14. The van der Waals surface area contributed by atoms with E-state index in [4.69, 9.17) is 0 Å². The molecule has 0 saturated carbocycles. The Hall–Kier alpha value is -1.18. The van der Waals surface area contributed by atoms with Crippen LogP contribution in [0.4, 0.5) is 0 Å². The summed E-state index contributed by atoms with van der Waals surface area (Å²) >= 11 is 0. The van der Waals surface area contributed by atoms with Crippen LogP contribution in [-0.4, -0.2) is 12.6 Å². The minimum absolute atomic E-state index is 0.0401. The predicted molar refractivity (Wildman–Crippen MR) is 81.1 cm³/mol. The van der Waals surface area contributed by atoms with Crippen molar-refractivity contribution < 1.29 is 9.59 Å². The first-order chi connectivity index (χ1) is 9.01. The highest BCUT2D eigenvalue weighted by atomic mass is 16.1. The lowest BCUT2D eigenvalue weighted by molar-refractivity contribution is -0.113. The van der Waals surface area contributed by atoms with E-state index in [-0.39, 0.29) is 11.8 Å². The van der Waals surface area contributed by atoms with E-state index in [1.54, 1.807) is 0 Å². The Morgan fingerprint density at radius 1 is 1.05 bits per heavy atom. The third kappa shape index (κ3) is 9.40. The summed E-state index contributed by atoms with van der Waals surface area (Å²) in [7, 11) is 0. The van der Waals surface area contributed by atoms with Crippen molar-refractivity contribution in [1.29, 1.82) is 0 Å². The molecule has 0 spiro atoms. The molecule has 0 rings (SSSR count). The molecule has 0 aliphatic carbocycles. The van der Waals surface area contributed by atoms with E-state index >= 15 is 0 Å². The molecule has 108 valence electrons. The van der Waals surface area contributed by atoms with Gasteiger partial charge in [-0.15, -0.1) is 0 Å². The van der Waals surface area contributed by atoms with Crippen molar-refractivity contribution in [2.24, 2.45) is 11.8 Å². The maximum absolute atomic E-state index is 11.1. The lowest BCUT2D eigenvalue weighted by Gasteiger charge is -2.16. The number of allylic oxidation sites excluding steroid dienone is 4. The Morgan fingerprint density at radius 3 is 2.26 bits per heavy atom. The minimum atomic E-state index is 0.0401. The molecular weight excluding hydrogens is 236 g/mol. The van der Waals surface area contributed by atoms with Crippen molar-refractivity contribution in [3.8, 4) is 0 Å². The third-order valence-electron chi connectivity index (χ3n) is 3.48. The number of aldehydes is 2. The summed E-state index contributed by atoms with van der Waals surface area (Å²) in [6.07, 6.45) is 10.7. The maximum atomic E-state index is 11.1. The molecule has 0 fully saturated rings. The first-order valence-electron chi connectivity index (χ1n) is 7.19. The zero-order valence-corrected chi connectivity index (χ0v) is 12.8. The van der Waals surface area contributed by atoms with Crippen LogP contribution in [0.25, 0.3) is 0 Å². The van der Waals surface area contributed by atoms with Crippen LogP contribution in [-0.2, 0) is 9.59 Å². The van der Waals surface area contributed by atoms with E-state index in [9.17, 15) is 9.59 Å². The number of carbonyl (C=O) groups is 2. The molecule has 2 unspecified atom stereocenters. The van der Waals surface area contributed by atoms with Gasteiger partial charge in [0.2, 0.25) is 0 Å². The van der Waals surface area contributed by atoms with E-state index in [1.807, 2.05) is 0 Å². The predicted octanol–water partition coefficient (Wildman–Crippen LogP) is 4.50. The fourth-order valence-electron chi connectivity index (χ4n) is 1.99. The van der Waals surface area contributed by atoms with E-state index in [0.717, 1.165) is 38.3 Å². The fourth-order valence-corrected chi connectivity index (χ4v) is 1.99. The molecular formula is C17H28O2. The van der Waals surface area contributed by atoms with Gasteiger partial charge in [-0.2, -0.15) is 0 Å². The highest BCUT2D eigenvalue weighted by Crippen LogP contribution is 2.20. The first-order valence-corrected chi connectivity index (χ1v) is 7.19. The van der Waals surface area contributed by atoms with Crippen molar-refractivity contribution in [3.63, 3.8) is 0 Å². The molecule has 0 aliphatic rings. The molecule has 0 aromatic carbocycles. The van der Waals surface area contributed by atoms with Gasteiger partial charge in [-0.25, -0.2) is 0 Å². The minimum Gasteiger partial charge on any atom is -0.303 e. The summed E-state index contributed by atoms with van der Waals surface area (Å²) < 4.78 is 0. The van der Waals surface area contributed by atoms with Crippen molar-refractivity contribution in [2.75, 3.05) is 0 Å². The molecule has 2 atom stereocenters. The highest BCUT2D eigenvalue weighted by molar-refractivity contribution is 5.55. The van der Waals surface area contributed by atoms with Gasteiger partial charge in [-0.05, 0) is 52.4 Å². The van der Waals surface area contributed by atoms with Crippen LogP contribution in [0.3, 0.4) is 0 Å². The lowest BCUT2D eigenvalue weighted by atomic mass is 9.88. The van der Waals surface area contributed by atoms with Crippen molar-refractivity contribution in [2.45, 2.75) is 59.8 Å². The molecule has 0 aromatic heterocycles. The number of rotatable bonds is 10. The van der Waals surface area contributed by atoms with Gasteiger partial charge in [0, 0.05) is 12.3 Å². The molecule has 2 heteroatoms. The van der Waals surface area contributed by atoms with Gasteiger partial charge >= 0.3 is 0 Å². The Bertz CT molecular complexity index is 322. The van der Waals surface area contributed by atoms with Gasteiger partial charge in [0.1, 0.15) is 12.6 Å². The van der Waals surface area contributed by atoms with Crippen molar-refractivity contribution in [3.05, 3.63) is 23.3 Å². The summed E-state index contributed by atoms with van der Waals surface area (Å²) in [4.78, 5) is 21.5. The zero-order valence-electron chi connectivity index (χ0n) is 12.8. The Morgan fingerprint density at radius 2 is 1.74 bits per heavy atom. The van der Waals surface area contributed by atoms with Crippen LogP contribution in [0.1, 0.15) is 59.8 Å². The molecule has 0 aliphatic heterocycles. The topological polar surface area (TPSA) is 34.1 Å². The molecule has 0 heterocycles. The second kappa shape index (κ2) is 10.7. The summed E-state index contributed by atoms with van der Waals surface area (Å²) in [6.45, 7) is 8.39. The van der Waals surface area contributed by atoms with Gasteiger partial charge in [0.05, 0.1) is 0 Å². The summed E-state index contributed by atoms with van der Waals surface area (Å²) in [6, 6.07) is 0. The zero-order chi connectivity index (χ0) is 14.7. The monoisotopic (exact) mass is 264 g/mol. The number of hydrogen-bond donors (Lipinski definition) is 0. The molecule has 0 amide bonds. The summed E-state index contributed by atoms with van der Waals surface area (Å²) in [5, 5.41) is 0. The van der Waals surface area contributed by atoms with E-state index in [0.29, 0.717) is 6.42 Å². The molecule has 0 saturated heterocycles. The van der Waals surface area contributed by atoms with Gasteiger partial charge in [0.15, 0.2) is 0 Å². The molecule has 0 radical (unpaired) electrons. The normalized spacial score (nSPS) is 14.6. The van der Waals surface area contributed by atoms with Crippen LogP contribution in [0.5, 0.6) is 0 Å². The molecule has 0 aromatic rings. The van der Waals surface area contributed by atoms with Gasteiger partial charge in [-0.1, -0.05) is 30.2 Å². The van der Waals surface area contributed by atoms with Crippen LogP contribution in [0, 0.1) is 11.8 Å². The molecule has 0 N–H and O–H groups in total. The van der Waals surface area contributed by atoms with Gasteiger partial charge < -0.3 is 9.59 Å². The Balaban J connectivity index is 4.19. The number of carbonyl (C=O) groups excluding carboxylic acids is 2. The fraction of sp³-hybridized carbons (Fsp3) is 0.647. The van der Waals surface area contributed by atoms with E-state index in [2.05, 4.69) is 39.8 Å². The van der Waals surface area contributed by atoms with Crippen LogP contribution < -0.4 is 0 Å². The average Bonchev–Trinajstić information content (AvgIpc) is 2.36. The standard InChI is InChI=1S/C17H28O2/c1-14(2)7-5-8-15(3)10-11-17(13-19)16(4)9-6-12-18/h7,10,12-13,16-17H,5-6,8-9,11H2,1-4H3. The first kappa shape index (κ1) is 17.8. The maximum Gasteiger partial charge on any atom is 0.123 e. The van der Waals surface area contributed by atoms with Crippen LogP contribution in [0.2, 0.25) is 0 Å². The van der Waals surface area contributed by atoms with E-state index in [1.165, 1.54) is 11.1 Å². The summed E-state index contributed by atoms with van der Waals surface area (Å²) in [5.41, 5.74) is 2.69. The largest absolute Gasteiger partial charge is 0.303 e. The van der Waals surface area contributed by atoms with Crippen molar-refractivity contribution in [1.82, 2.24) is 0 Å². The second-order valence-corrected chi connectivity index (χ2v) is 5.63. The van der Waals surface area contributed by atoms with Crippen LogP contribution in [0.15, 0.2) is 23.3 Å². The van der Waals surface area contributed by atoms with Gasteiger partial charge in [-0.3, -0.25) is 0 Å². The van der Waals surface area contributed by atoms with Crippen molar-refractivity contribution >= 4 is 12.6 Å². The molecule has 19 heavy (non-hydrogen) atoms. The SMILES string of the molecule is CC(C)=CCCC(C)=CCC(C=O)C(C)CCC=O. The molecule has 0 bridgehead atoms. The molecule has 2 nitrogen and oxygen atoms in total. The van der Waals surface area contributed by atoms with Crippen LogP contribution >= 0.6 is 0 Å². The number of hydrogen-bond acceptors (Lipinski definition) is 2. The Kier molecular flexibility index (Phi) is 10.1. The smallest absolute Gasteiger partial charge is 0.123 e. The van der Waals surface area contributed by atoms with Gasteiger partial charge in [0.25, 0.3) is 0 Å².